The van der Waals surface area contributed by atoms with E-state index in [0.717, 1.165) is 41.1 Å². The Morgan fingerprint density at radius 3 is 2.73 bits per heavy atom. The van der Waals surface area contributed by atoms with Crippen LogP contribution in [0.3, 0.4) is 0 Å². The van der Waals surface area contributed by atoms with Crippen LogP contribution < -0.4 is 5.32 Å². The first-order valence-electron chi connectivity index (χ1n) is 8.41. The molecule has 0 unspecified atom stereocenters. The second kappa shape index (κ2) is 9.31. The lowest BCUT2D eigenvalue weighted by molar-refractivity contribution is 0.470. The Morgan fingerprint density at radius 1 is 1.27 bits per heavy atom. The summed E-state index contributed by atoms with van der Waals surface area (Å²) >= 11 is 1.67. The van der Waals surface area contributed by atoms with Crippen molar-refractivity contribution in [3.63, 3.8) is 0 Å². The van der Waals surface area contributed by atoms with E-state index in [1.165, 1.54) is 5.69 Å². The molecule has 3 aromatic rings. The van der Waals surface area contributed by atoms with E-state index in [9.17, 15) is 0 Å². The molecule has 0 spiro atoms. The van der Waals surface area contributed by atoms with Gasteiger partial charge < -0.3 is 14.6 Å². The fourth-order valence-electron chi connectivity index (χ4n) is 2.70. The van der Waals surface area contributed by atoms with Gasteiger partial charge in [-0.15, -0.1) is 35.3 Å². The number of halogens is 1. The highest BCUT2D eigenvalue weighted by Gasteiger charge is 2.09. The van der Waals surface area contributed by atoms with Crippen molar-refractivity contribution < 1.29 is 0 Å². The van der Waals surface area contributed by atoms with E-state index >= 15 is 0 Å². The molecule has 0 aliphatic rings. The van der Waals surface area contributed by atoms with Crippen molar-refractivity contribution >= 4 is 46.9 Å². The van der Waals surface area contributed by atoms with Crippen LogP contribution in [0, 0.1) is 13.8 Å². The molecular formula is C18H25IN6S. The third kappa shape index (κ3) is 4.94. The van der Waals surface area contributed by atoms with Crippen molar-refractivity contribution in [3.05, 3.63) is 51.9 Å². The van der Waals surface area contributed by atoms with Gasteiger partial charge in [0.1, 0.15) is 5.65 Å². The van der Waals surface area contributed by atoms with Crippen molar-refractivity contribution in [1.29, 1.82) is 0 Å². The van der Waals surface area contributed by atoms with Gasteiger partial charge in [-0.25, -0.2) is 15.0 Å². The number of thiazole rings is 1. The molecular weight excluding hydrogens is 459 g/mol. The van der Waals surface area contributed by atoms with E-state index in [1.54, 1.807) is 11.3 Å². The Balaban J connectivity index is 0.00000243. The molecule has 0 saturated heterocycles. The maximum atomic E-state index is 4.74. The van der Waals surface area contributed by atoms with Gasteiger partial charge in [-0.05, 0) is 32.9 Å². The minimum Gasteiger partial charge on any atom is -0.357 e. The molecule has 0 aromatic carbocycles. The summed E-state index contributed by atoms with van der Waals surface area (Å²) in [4.78, 5) is 16.0. The number of fused-ring (bicyclic) bond motifs is 1. The fourth-order valence-corrected chi connectivity index (χ4v) is 3.30. The van der Waals surface area contributed by atoms with Crippen LogP contribution >= 0.6 is 35.3 Å². The van der Waals surface area contributed by atoms with Crippen LogP contribution in [0.15, 0.2) is 34.8 Å². The van der Waals surface area contributed by atoms with Gasteiger partial charge in [-0.3, -0.25) is 0 Å². The summed E-state index contributed by atoms with van der Waals surface area (Å²) in [6.07, 6.45) is 2.06. The molecule has 0 aliphatic heterocycles. The molecule has 0 aliphatic carbocycles. The Labute approximate surface area is 175 Å². The van der Waals surface area contributed by atoms with E-state index < -0.39 is 0 Å². The number of rotatable bonds is 5. The molecule has 140 valence electrons. The molecule has 0 radical (unpaired) electrons. The summed E-state index contributed by atoms with van der Waals surface area (Å²) in [6.45, 7) is 8.28. The number of aromatic nitrogens is 3. The normalized spacial score (nSPS) is 11.5. The van der Waals surface area contributed by atoms with Gasteiger partial charge in [0.25, 0.3) is 0 Å². The van der Waals surface area contributed by atoms with Gasteiger partial charge in [-0.1, -0.05) is 6.07 Å². The smallest absolute Gasteiger partial charge is 0.194 e. The molecule has 0 saturated carbocycles. The first-order chi connectivity index (χ1) is 12.1. The first-order valence-corrected chi connectivity index (χ1v) is 9.29. The monoisotopic (exact) mass is 484 g/mol. The second-order valence-electron chi connectivity index (χ2n) is 6.01. The fraction of sp³-hybridized carbons (Fsp3) is 0.389. The maximum Gasteiger partial charge on any atom is 0.194 e. The number of aryl methyl sites for hydroxylation is 2. The summed E-state index contributed by atoms with van der Waals surface area (Å²) in [5, 5.41) is 6.53. The van der Waals surface area contributed by atoms with E-state index in [-0.39, 0.29) is 24.0 Å². The molecule has 0 bridgehead atoms. The lowest BCUT2D eigenvalue weighted by Gasteiger charge is -2.21. The highest BCUT2D eigenvalue weighted by molar-refractivity contribution is 14.0. The topological polar surface area (TPSA) is 57.8 Å². The number of guanidine groups is 1. The van der Waals surface area contributed by atoms with Crippen molar-refractivity contribution in [2.24, 2.45) is 4.99 Å². The van der Waals surface area contributed by atoms with Crippen LogP contribution in [0.25, 0.3) is 5.65 Å². The van der Waals surface area contributed by atoms with Crippen molar-refractivity contribution in [2.75, 3.05) is 13.6 Å². The van der Waals surface area contributed by atoms with Crippen molar-refractivity contribution in [1.82, 2.24) is 24.6 Å². The second-order valence-corrected chi connectivity index (χ2v) is 7.07. The lowest BCUT2D eigenvalue weighted by Crippen LogP contribution is -2.38. The predicted octanol–water partition coefficient (Wildman–Crippen LogP) is 3.62. The Hall–Kier alpha value is -1.68. The van der Waals surface area contributed by atoms with Gasteiger partial charge in [0.2, 0.25) is 0 Å². The SMILES string of the molecule is CCNC(=NCc1cn2c(C)cccc2n1)N(C)Cc1csc(C)n1.I. The third-order valence-electron chi connectivity index (χ3n) is 3.90. The molecule has 0 fully saturated rings. The molecule has 1 N–H and O–H groups in total. The zero-order chi connectivity index (χ0) is 17.8. The average molecular weight is 484 g/mol. The van der Waals surface area contributed by atoms with Gasteiger partial charge in [0.15, 0.2) is 5.96 Å². The molecule has 3 rings (SSSR count). The Bertz CT molecular complexity index is 885. The zero-order valence-electron chi connectivity index (χ0n) is 15.6. The highest BCUT2D eigenvalue weighted by atomic mass is 127. The lowest BCUT2D eigenvalue weighted by atomic mass is 10.4. The van der Waals surface area contributed by atoms with E-state index in [1.807, 2.05) is 26.1 Å². The summed E-state index contributed by atoms with van der Waals surface area (Å²) in [5.74, 6) is 0.863. The van der Waals surface area contributed by atoms with Crippen LogP contribution in [-0.4, -0.2) is 38.8 Å². The molecule has 26 heavy (non-hydrogen) atoms. The summed E-state index contributed by atoms with van der Waals surface area (Å²) < 4.78 is 2.10. The quantitative estimate of drug-likeness (QED) is 0.342. The number of pyridine rings is 1. The number of hydrogen-bond donors (Lipinski definition) is 1. The molecule has 3 aromatic heterocycles. The minimum atomic E-state index is 0. The summed E-state index contributed by atoms with van der Waals surface area (Å²) in [6, 6.07) is 6.12. The van der Waals surface area contributed by atoms with Crippen LogP contribution in [-0.2, 0) is 13.1 Å². The minimum absolute atomic E-state index is 0. The number of nitrogens with zero attached hydrogens (tertiary/aromatic N) is 5. The Morgan fingerprint density at radius 2 is 2.08 bits per heavy atom. The molecule has 3 heterocycles. The first kappa shape index (κ1) is 20.6. The van der Waals surface area contributed by atoms with Crippen molar-refractivity contribution in [2.45, 2.75) is 33.9 Å². The zero-order valence-corrected chi connectivity index (χ0v) is 18.7. The van der Waals surface area contributed by atoms with E-state index in [4.69, 9.17) is 4.99 Å². The number of nitrogens with one attached hydrogen (secondary N) is 1. The standard InChI is InChI=1S/C18H24N6S.HI/c1-5-19-18(23(4)10-16-12-25-14(3)21-16)20-9-15-11-24-13(2)7-6-8-17(24)22-15;/h6-8,11-12H,5,9-10H2,1-4H3,(H,19,20);1H. The maximum absolute atomic E-state index is 4.74. The molecule has 6 nitrogen and oxygen atoms in total. The molecule has 8 heteroatoms. The van der Waals surface area contributed by atoms with E-state index in [0.29, 0.717) is 6.54 Å². The molecule has 0 amide bonds. The summed E-state index contributed by atoms with van der Waals surface area (Å²) in [5.41, 5.74) is 4.16. The Kier molecular flexibility index (Phi) is 7.39. The van der Waals surface area contributed by atoms with Gasteiger partial charge in [0.05, 0.1) is 29.5 Å². The average Bonchev–Trinajstić information content (AvgIpc) is 3.18. The van der Waals surface area contributed by atoms with Crippen LogP contribution in [0.1, 0.15) is 29.0 Å². The highest BCUT2D eigenvalue weighted by Crippen LogP contribution is 2.11. The van der Waals surface area contributed by atoms with Gasteiger partial charge in [-0.2, -0.15) is 0 Å². The van der Waals surface area contributed by atoms with Crippen LogP contribution in [0.2, 0.25) is 0 Å². The predicted molar refractivity (Wildman–Crippen MR) is 118 cm³/mol. The number of aliphatic imine (C=N–C) groups is 1. The summed E-state index contributed by atoms with van der Waals surface area (Å²) in [7, 11) is 2.03. The van der Waals surface area contributed by atoms with Gasteiger partial charge in [0, 0.05) is 30.9 Å². The number of hydrogen-bond acceptors (Lipinski definition) is 4. The molecule has 0 atom stereocenters. The van der Waals surface area contributed by atoms with Gasteiger partial charge >= 0.3 is 0 Å². The van der Waals surface area contributed by atoms with E-state index in [2.05, 4.69) is 56.1 Å². The van der Waals surface area contributed by atoms with Crippen LogP contribution in [0.4, 0.5) is 0 Å². The van der Waals surface area contributed by atoms with Crippen LogP contribution in [0.5, 0.6) is 0 Å². The third-order valence-corrected chi connectivity index (χ3v) is 4.72. The van der Waals surface area contributed by atoms with Crippen molar-refractivity contribution in [3.8, 4) is 0 Å². The largest absolute Gasteiger partial charge is 0.357 e. The number of imidazole rings is 1.